The second-order valence-electron chi connectivity index (χ2n) is 3.13. The van der Waals surface area contributed by atoms with Crippen LogP contribution in [0.4, 0.5) is 0 Å². The largest absolute Gasteiger partial charge is 0.537 e. The van der Waals surface area contributed by atoms with Crippen LogP contribution in [0.5, 0.6) is 0 Å². The SMILES string of the molecule is CO[Si](OC)(OCS(=O)(=O)Cl)c1ccccc1. The third kappa shape index (κ3) is 4.05. The maximum Gasteiger partial charge on any atom is 0.537 e. The van der Waals surface area contributed by atoms with Crippen molar-refractivity contribution in [3.63, 3.8) is 0 Å². The first-order valence-corrected chi connectivity index (χ1v) is 8.86. The lowest BCUT2D eigenvalue weighted by Crippen LogP contribution is -2.55. The standard InChI is InChI=1S/C9H13ClO5SSi/c1-13-17(14-2,15-8-16(10,11)12)9-6-4-3-5-7-9/h3-7H,8H2,1-2H3. The van der Waals surface area contributed by atoms with Crippen molar-refractivity contribution in [2.75, 3.05) is 20.2 Å². The van der Waals surface area contributed by atoms with Crippen LogP contribution in [-0.2, 0) is 22.3 Å². The molecule has 1 aromatic carbocycles. The first kappa shape index (κ1) is 14.6. The Labute approximate surface area is 106 Å². The maximum atomic E-state index is 10.9. The molecule has 0 aromatic heterocycles. The van der Waals surface area contributed by atoms with E-state index in [1.165, 1.54) is 14.2 Å². The molecule has 5 nitrogen and oxygen atoms in total. The predicted molar refractivity (Wildman–Crippen MR) is 66.6 cm³/mol. The van der Waals surface area contributed by atoms with E-state index in [9.17, 15) is 8.42 Å². The van der Waals surface area contributed by atoms with Gasteiger partial charge >= 0.3 is 8.80 Å². The van der Waals surface area contributed by atoms with E-state index in [1.807, 2.05) is 6.07 Å². The van der Waals surface area contributed by atoms with Crippen LogP contribution in [-0.4, -0.2) is 37.4 Å². The first-order chi connectivity index (χ1) is 7.93. The van der Waals surface area contributed by atoms with Gasteiger partial charge in [0, 0.05) is 30.1 Å². The Bertz CT molecular complexity index is 446. The molecule has 96 valence electrons. The molecule has 0 unspecified atom stereocenters. The normalized spacial score (nSPS) is 12.6. The third-order valence-corrected chi connectivity index (χ3v) is 5.57. The Kier molecular flexibility index (Phi) is 5.11. The third-order valence-electron chi connectivity index (χ3n) is 2.05. The molecule has 0 aliphatic heterocycles. The molecule has 8 heteroatoms. The molecule has 17 heavy (non-hydrogen) atoms. The van der Waals surface area contributed by atoms with Gasteiger partial charge in [-0.05, 0) is 0 Å². The number of benzene rings is 1. The summed E-state index contributed by atoms with van der Waals surface area (Å²) in [4.78, 5) is 0. The smallest absolute Gasteiger partial charge is 0.373 e. The van der Waals surface area contributed by atoms with E-state index in [0.29, 0.717) is 5.19 Å². The van der Waals surface area contributed by atoms with E-state index < -0.39 is 23.8 Å². The molecule has 1 aromatic rings. The number of rotatable bonds is 6. The summed E-state index contributed by atoms with van der Waals surface area (Å²) in [5.74, 6) is -0.655. The fourth-order valence-corrected chi connectivity index (χ4v) is 4.54. The lowest BCUT2D eigenvalue weighted by molar-refractivity contribution is 0.132. The Morgan fingerprint density at radius 3 is 2.12 bits per heavy atom. The second kappa shape index (κ2) is 5.94. The van der Waals surface area contributed by atoms with Crippen molar-refractivity contribution < 1.29 is 21.7 Å². The zero-order valence-electron chi connectivity index (χ0n) is 9.42. The Morgan fingerprint density at radius 1 is 1.18 bits per heavy atom. The van der Waals surface area contributed by atoms with E-state index in [1.54, 1.807) is 24.3 Å². The summed E-state index contributed by atoms with van der Waals surface area (Å²) in [5.41, 5.74) is 0. The van der Waals surface area contributed by atoms with Crippen LogP contribution >= 0.6 is 10.7 Å². The van der Waals surface area contributed by atoms with Crippen molar-refractivity contribution in [1.29, 1.82) is 0 Å². The molecule has 0 amide bonds. The molecule has 1 rings (SSSR count). The summed E-state index contributed by atoms with van der Waals surface area (Å²) in [6.07, 6.45) is 0. The molecule has 0 bridgehead atoms. The first-order valence-electron chi connectivity index (χ1n) is 4.65. The van der Waals surface area contributed by atoms with Gasteiger partial charge in [0.1, 0.15) is 0 Å². The van der Waals surface area contributed by atoms with E-state index in [4.69, 9.17) is 24.0 Å². The molecule has 0 atom stereocenters. The van der Waals surface area contributed by atoms with Crippen LogP contribution in [0.3, 0.4) is 0 Å². The van der Waals surface area contributed by atoms with Gasteiger partial charge in [0.15, 0.2) is 5.94 Å². The number of hydrogen-bond acceptors (Lipinski definition) is 5. The molecular weight excluding hydrogens is 284 g/mol. The highest BCUT2D eigenvalue weighted by molar-refractivity contribution is 8.13. The van der Waals surface area contributed by atoms with E-state index in [2.05, 4.69) is 0 Å². The monoisotopic (exact) mass is 296 g/mol. The average molecular weight is 297 g/mol. The fourth-order valence-electron chi connectivity index (χ4n) is 1.31. The minimum absolute atomic E-state index is 0.655. The van der Waals surface area contributed by atoms with Gasteiger partial charge in [0.2, 0.25) is 0 Å². The molecule has 0 saturated heterocycles. The summed E-state index contributed by atoms with van der Waals surface area (Å²) in [6.45, 7) is 0. The molecule has 0 saturated carbocycles. The van der Waals surface area contributed by atoms with Crippen LogP contribution in [0, 0.1) is 0 Å². The van der Waals surface area contributed by atoms with Crippen molar-refractivity contribution in [2.24, 2.45) is 0 Å². The highest BCUT2D eigenvalue weighted by Crippen LogP contribution is 2.10. The summed E-state index contributed by atoms with van der Waals surface area (Å²) in [7, 11) is 0.958. The second-order valence-corrected chi connectivity index (χ2v) is 8.65. The molecule has 0 N–H and O–H groups in total. The van der Waals surface area contributed by atoms with Gasteiger partial charge in [-0.3, -0.25) is 0 Å². The molecular formula is C9H13ClO5SSi. The van der Waals surface area contributed by atoms with Crippen molar-refractivity contribution in [3.8, 4) is 0 Å². The summed E-state index contributed by atoms with van der Waals surface area (Å²) < 4.78 is 37.5. The zero-order valence-corrected chi connectivity index (χ0v) is 12.0. The molecule has 0 aliphatic rings. The van der Waals surface area contributed by atoms with E-state index in [0.717, 1.165) is 0 Å². The lowest BCUT2D eigenvalue weighted by Gasteiger charge is -2.25. The van der Waals surface area contributed by atoms with E-state index in [-0.39, 0.29) is 0 Å². The van der Waals surface area contributed by atoms with Gasteiger partial charge in [-0.25, -0.2) is 8.42 Å². The van der Waals surface area contributed by atoms with Crippen LogP contribution in [0.25, 0.3) is 0 Å². The summed E-state index contributed by atoms with van der Waals surface area (Å²) in [6, 6.07) is 8.90. The van der Waals surface area contributed by atoms with Gasteiger partial charge in [-0.2, -0.15) is 0 Å². The zero-order chi connectivity index (χ0) is 12.9. The quantitative estimate of drug-likeness (QED) is 0.570. The van der Waals surface area contributed by atoms with Crippen LogP contribution < -0.4 is 5.19 Å². The lowest BCUT2D eigenvalue weighted by atomic mass is 10.4. The van der Waals surface area contributed by atoms with E-state index >= 15 is 0 Å². The van der Waals surface area contributed by atoms with Crippen molar-refractivity contribution in [2.45, 2.75) is 0 Å². The average Bonchev–Trinajstić information content (AvgIpc) is 2.31. The highest BCUT2D eigenvalue weighted by atomic mass is 35.7. The summed E-state index contributed by atoms with van der Waals surface area (Å²) in [5, 5.41) is 0.672. The minimum Gasteiger partial charge on any atom is -0.373 e. The van der Waals surface area contributed by atoms with Crippen molar-refractivity contribution >= 4 is 33.7 Å². The molecule has 0 spiro atoms. The van der Waals surface area contributed by atoms with Gasteiger partial charge < -0.3 is 13.3 Å². The van der Waals surface area contributed by atoms with Gasteiger partial charge in [-0.1, -0.05) is 30.3 Å². The van der Waals surface area contributed by atoms with Gasteiger partial charge in [0.25, 0.3) is 9.05 Å². The van der Waals surface area contributed by atoms with Crippen LogP contribution in [0.15, 0.2) is 30.3 Å². The minimum atomic E-state index is -3.76. The van der Waals surface area contributed by atoms with Gasteiger partial charge in [-0.15, -0.1) is 0 Å². The van der Waals surface area contributed by atoms with Crippen LogP contribution in [0.2, 0.25) is 0 Å². The predicted octanol–water partition coefficient (Wildman–Crippen LogP) is 0.668. The highest BCUT2D eigenvalue weighted by Gasteiger charge is 2.42. The number of halogens is 1. The molecule has 0 fully saturated rings. The fraction of sp³-hybridized carbons (Fsp3) is 0.333. The molecule has 0 aliphatic carbocycles. The van der Waals surface area contributed by atoms with Crippen molar-refractivity contribution in [3.05, 3.63) is 30.3 Å². The topological polar surface area (TPSA) is 61.8 Å². The Hall–Kier alpha value is -0.443. The van der Waals surface area contributed by atoms with Gasteiger partial charge in [0.05, 0.1) is 0 Å². The van der Waals surface area contributed by atoms with Crippen LogP contribution in [0.1, 0.15) is 0 Å². The van der Waals surface area contributed by atoms with Crippen molar-refractivity contribution in [1.82, 2.24) is 0 Å². The Morgan fingerprint density at radius 2 is 1.71 bits per heavy atom. The molecule has 0 radical (unpaired) electrons. The Balaban J connectivity index is 2.98. The summed E-state index contributed by atoms with van der Waals surface area (Å²) >= 11 is 0. The molecule has 0 heterocycles. The maximum absolute atomic E-state index is 10.9. The number of hydrogen-bond donors (Lipinski definition) is 0.